The zero-order valence-corrected chi connectivity index (χ0v) is 22.9. The molecule has 1 aliphatic carbocycles. The van der Waals surface area contributed by atoms with E-state index in [4.69, 9.17) is 0 Å². The molecular weight excluding hydrogens is 535 g/mol. The molecule has 0 bridgehead atoms. The van der Waals surface area contributed by atoms with E-state index in [0.29, 0.717) is 37.2 Å². The van der Waals surface area contributed by atoms with Crippen molar-refractivity contribution < 1.29 is 22.8 Å². The molecule has 2 aromatic rings. The molecule has 0 spiro atoms. The van der Waals surface area contributed by atoms with E-state index in [2.05, 4.69) is 32.5 Å². The molecule has 1 aromatic carbocycles. The summed E-state index contributed by atoms with van der Waals surface area (Å²) in [5.74, 6) is -0.799. The van der Waals surface area contributed by atoms with Crippen molar-refractivity contribution in [3.05, 3.63) is 41.6 Å². The maximum Gasteiger partial charge on any atom is 0.421 e. The molecule has 1 saturated carbocycles. The summed E-state index contributed by atoms with van der Waals surface area (Å²) in [6.07, 6.45) is 0.906. The molecule has 0 unspecified atom stereocenters. The Labute approximate surface area is 239 Å². The number of halogens is 3. The summed E-state index contributed by atoms with van der Waals surface area (Å²) in [6, 6.07) is 6.50. The Morgan fingerprint density at radius 3 is 2.29 bits per heavy atom. The van der Waals surface area contributed by atoms with E-state index in [9.17, 15) is 22.8 Å². The quantitative estimate of drug-likeness (QED) is 0.487. The minimum atomic E-state index is -4.65. The third kappa shape index (κ3) is 6.91. The van der Waals surface area contributed by atoms with Crippen molar-refractivity contribution in [1.82, 2.24) is 24.7 Å². The Hall–Kier alpha value is -3.41. The molecule has 3 aliphatic rings. The summed E-state index contributed by atoms with van der Waals surface area (Å²) in [5, 5.41) is 5.88. The molecule has 2 N–H and O–H groups in total. The first-order valence-electron chi connectivity index (χ1n) is 13.9. The zero-order valence-electron chi connectivity index (χ0n) is 22.9. The van der Waals surface area contributed by atoms with Crippen LogP contribution in [0.3, 0.4) is 0 Å². The third-order valence-corrected chi connectivity index (χ3v) is 8.36. The molecular formula is C29H40F3N7O2. The molecule has 2 aliphatic heterocycles. The summed E-state index contributed by atoms with van der Waals surface area (Å²) in [6.45, 7) is 3.31. The van der Waals surface area contributed by atoms with Crippen LogP contribution in [0.1, 0.15) is 61.9 Å². The highest BCUT2D eigenvalue weighted by molar-refractivity contribution is 5.94. The lowest BCUT2D eigenvalue weighted by Crippen LogP contribution is -2.48. The van der Waals surface area contributed by atoms with Gasteiger partial charge in [0.25, 0.3) is 5.91 Å². The van der Waals surface area contributed by atoms with Gasteiger partial charge in [-0.1, -0.05) is 13.8 Å². The van der Waals surface area contributed by atoms with E-state index in [1.54, 1.807) is 34.1 Å². The van der Waals surface area contributed by atoms with Crippen LogP contribution in [0.25, 0.3) is 0 Å². The second kappa shape index (κ2) is 12.6. The second-order valence-corrected chi connectivity index (χ2v) is 11.1. The molecule has 2 amide bonds. The maximum absolute atomic E-state index is 13.8. The van der Waals surface area contributed by atoms with Crippen LogP contribution in [0.4, 0.5) is 30.6 Å². The van der Waals surface area contributed by atoms with Gasteiger partial charge in [0.05, 0.1) is 5.92 Å². The summed E-state index contributed by atoms with van der Waals surface area (Å²) >= 11 is 0. The number of benzene rings is 1. The molecule has 9 nitrogen and oxygen atoms in total. The molecule has 12 heteroatoms. The minimum absolute atomic E-state index is 0. The van der Waals surface area contributed by atoms with Crippen LogP contribution in [0, 0.1) is 5.92 Å². The number of aromatic nitrogens is 2. The van der Waals surface area contributed by atoms with Crippen molar-refractivity contribution in [1.29, 1.82) is 0 Å². The Balaban J connectivity index is 0.00000387. The van der Waals surface area contributed by atoms with Crippen LogP contribution in [0.5, 0.6) is 0 Å². The first kappa shape index (κ1) is 30.5. The van der Waals surface area contributed by atoms with E-state index in [-0.39, 0.29) is 43.0 Å². The molecule has 2 saturated heterocycles. The van der Waals surface area contributed by atoms with Crippen LogP contribution in [0.15, 0.2) is 30.5 Å². The highest BCUT2D eigenvalue weighted by Crippen LogP contribution is 2.37. The van der Waals surface area contributed by atoms with Crippen molar-refractivity contribution in [3.63, 3.8) is 0 Å². The highest BCUT2D eigenvalue weighted by Gasteiger charge is 2.40. The average Bonchev–Trinajstić information content (AvgIpc) is 3.35. The van der Waals surface area contributed by atoms with E-state index < -0.39 is 17.8 Å². The van der Waals surface area contributed by atoms with Crippen LogP contribution in [0.2, 0.25) is 0 Å². The molecule has 3 heterocycles. The number of likely N-dealkylation sites (tertiary alicyclic amines) is 2. The third-order valence-electron chi connectivity index (χ3n) is 8.36. The number of hydrogen-bond donors (Lipinski definition) is 2. The lowest BCUT2D eigenvalue weighted by atomic mass is 9.99. The molecule has 0 radical (unpaired) electrons. The van der Waals surface area contributed by atoms with Gasteiger partial charge in [-0.15, -0.1) is 0 Å². The van der Waals surface area contributed by atoms with Gasteiger partial charge in [-0.2, -0.15) is 18.2 Å². The minimum Gasteiger partial charge on any atom is -0.366 e. The van der Waals surface area contributed by atoms with Gasteiger partial charge in [0, 0.05) is 49.7 Å². The number of alkyl halides is 3. The largest absolute Gasteiger partial charge is 0.421 e. The highest BCUT2D eigenvalue weighted by atomic mass is 19.4. The number of carbonyl (C=O) groups excluding carboxylic acids is 2. The number of amides is 2. The second-order valence-electron chi connectivity index (χ2n) is 11.1. The Kier molecular flexibility index (Phi) is 9.41. The van der Waals surface area contributed by atoms with Gasteiger partial charge < -0.3 is 25.3 Å². The number of piperidine rings is 1. The lowest BCUT2D eigenvalue weighted by molar-refractivity contribution is -0.139. The van der Waals surface area contributed by atoms with Crippen LogP contribution < -0.4 is 10.6 Å². The maximum atomic E-state index is 13.8. The Morgan fingerprint density at radius 1 is 1.00 bits per heavy atom. The Bertz CT molecular complexity index is 1210. The molecule has 224 valence electrons. The van der Waals surface area contributed by atoms with Crippen molar-refractivity contribution >= 4 is 29.3 Å². The predicted octanol–water partition coefficient (Wildman–Crippen LogP) is 4.85. The average molecular weight is 576 g/mol. The van der Waals surface area contributed by atoms with Gasteiger partial charge in [-0.05, 0) is 76.5 Å². The van der Waals surface area contributed by atoms with E-state index in [0.717, 1.165) is 45.0 Å². The first-order chi connectivity index (χ1) is 19.1. The summed E-state index contributed by atoms with van der Waals surface area (Å²) < 4.78 is 41.4. The van der Waals surface area contributed by atoms with Crippen LogP contribution in [-0.4, -0.2) is 88.8 Å². The number of anilines is 3. The van der Waals surface area contributed by atoms with Gasteiger partial charge in [0.1, 0.15) is 11.4 Å². The summed E-state index contributed by atoms with van der Waals surface area (Å²) in [5.41, 5.74) is 0.0933. The predicted molar refractivity (Wildman–Crippen MR) is 152 cm³/mol. The molecule has 5 rings (SSSR count). The van der Waals surface area contributed by atoms with Crippen molar-refractivity contribution in [2.75, 3.05) is 50.9 Å². The van der Waals surface area contributed by atoms with E-state index >= 15 is 0 Å². The summed E-state index contributed by atoms with van der Waals surface area (Å²) in [4.78, 5) is 39.7. The lowest BCUT2D eigenvalue weighted by Gasteiger charge is -2.35. The number of carbonyl (C=O) groups is 2. The zero-order chi connectivity index (χ0) is 28.4. The van der Waals surface area contributed by atoms with Crippen molar-refractivity contribution in [2.24, 2.45) is 5.92 Å². The van der Waals surface area contributed by atoms with E-state index in [1.165, 1.54) is 0 Å². The van der Waals surface area contributed by atoms with Crippen molar-refractivity contribution in [3.8, 4) is 0 Å². The van der Waals surface area contributed by atoms with Crippen LogP contribution in [-0.2, 0) is 11.0 Å². The molecule has 2 atom stereocenters. The standard InChI is InChI=1S/C28H36F3N7O2.CH4/c1-36-15-11-20(12-16-36)37(2)25(39)18-7-9-19(10-8-18)33-27-32-17-22(28(29,30)31)24(35-27)34-23-6-3-5-21(23)26(40)38-13-4-14-38;/h7-10,17,20-21,23H,3-6,11-16H2,1-2H3,(H2,32,33,34,35);1H4/t21-,23+;/m0./s1. The summed E-state index contributed by atoms with van der Waals surface area (Å²) in [7, 11) is 3.89. The van der Waals surface area contributed by atoms with E-state index in [1.807, 2.05) is 7.05 Å². The van der Waals surface area contributed by atoms with Gasteiger partial charge in [-0.3, -0.25) is 9.59 Å². The fraction of sp³-hybridized carbons (Fsp3) is 0.586. The van der Waals surface area contributed by atoms with Gasteiger partial charge in [0.2, 0.25) is 11.9 Å². The number of nitrogens with one attached hydrogen (secondary N) is 2. The van der Waals surface area contributed by atoms with Gasteiger partial charge >= 0.3 is 6.18 Å². The SMILES string of the molecule is C.CN1CCC(N(C)C(=O)c2ccc(Nc3ncc(C(F)(F)F)c(N[C@@H]4CCC[C@@H]4C(=O)N4CCC4)n3)cc2)CC1. The first-order valence-corrected chi connectivity index (χ1v) is 13.9. The fourth-order valence-electron chi connectivity index (χ4n) is 5.71. The van der Waals surface area contributed by atoms with Crippen LogP contribution >= 0.6 is 0 Å². The smallest absolute Gasteiger partial charge is 0.366 e. The number of hydrogen-bond acceptors (Lipinski definition) is 7. The van der Waals surface area contributed by atoms with Gasteiger partial charge in [0.15, 0.2) is 0 Å². The number of rotatable bonds is 7. The fourth-order valence-corrected chi connectivity index (χ4v) is 5.71. The normalized spacial score (nSPS) is 21.5. The monoisotopic (exact) mass is 575 g/mol. The topological polar surface area (TPSA) is 93.7 Å². The van der Waals surface area contributed by atoms with Crippen molar-refractivity contribution in [2.45, 2.75) is 64.2 Å². The molecule has 1 aromatic heterocycles. The van der Waals surface area contributed by atoms with Gasteiger partial charge in [-0.25, -0.2) is 4.98 Å². The molecule has 3 fully saturated rings. The molecule has 41 heavy (non-hydrogen) atoms. The Morgan fingerprint density at radius 2 is 1.68 bits per heavy atom. The number of nitrogens with zero attached hydrogens (tertiary/aromatic N) is 5.